The number of benzene rings is 2. The monoisotopic (exact) mass is 930 g/mol. The fraction of sp³-hybridized carbons (Fsp3) is 0.476. The highest BCUT2D eigenvalue weighted by molar-refractivity contribution is 6.33. The molecule has 0 spiro atoms. The summed E-state index contributed by atoms with van der Waals surface area (Å²) in [5.74, 6) is 0.739. The first-order valence-electron chi connectivity index (χ1n) is 20.0. The van der Waals surface area contributed by atoms with Crippen molar-refractivity contribution in [1.29, 1.82) is 0 Å². The first kappa shape index (κ1) is 50.2. The Bertz CT molecular complexity index is 2230. The first-order valence-corrected chi connectivity index (χ1v) is 21.2. The molecule has 2 fully saturated rings. The van der Waals surface area contributed by atoms with Crippen molar-refractivity contribution < 1.29 is 28.9 Å². The van der Waals surface area contributed by atoms with Crippen molar-refractivity contribution in [3.63, 3.8) is 0 Å². The zero-order valence-electron chi connectivity index (χ0n) is 36.5. The fourth-order valence-corrected chi connectivity index (χ4v) is 7.40. The van der Waals surface area contributed by atoms with Gasteiger partial charge in [0, 0.05) is 51.1 Å². The summed E-state index contributed by atoms with van der Waals surface area (Å²) < 4.78 is 10.9. The minimum Gasteiger partial charge on any atom is -0.444 e. The van der Waals surface area contributed by atoms with Crippen LogP contribution in [0, 0.1) is 34.1 Å². The molecule has 18 nitrogen and oxygen atoms in total. The molecule has 340 valence electrons. The molecule has 0 aliphatic carbocycles. The number of halogens is 3. The van der Waals surface area contributed by atoms with Crippen molar-refractivity contribution in [2.24, 2.45) is 5.73 Å². The van der Waals surface area contributed by atoms with Crippen LogP contribution in [0.1, 0.15) is 99.9 Å². The molecule has 2 aliphatic heterocycles. The molecule has 2 unspecified atom stereocenters. The van der Waals surface area contributed by atoms with Crippen molar-refractivity contribution in [1.82, 2.24) is 29.7 Å². The number of nitro groups is 2. The second kappa shape index (κ2) is 21.8. The van der Waals surface area contributed by atoms with Crippen molar-refractivity contribution >= 4 is 64.2 Å². The van der Waals surface area contributed by atoms with E-state index in [1.807, 2.05) is 65.8 Å². The van der Waals surface area contributed by atoms with Gasteiger partial charge in [0.05, 0.1) is 9.85 Å². The maximum Gasteiger partial charge on any atom is 0.410 e. The number of ether oxygens (including phenoxy) is 2. The van der Waals surface area contributed by atoms with Crippen molar-refractivity contribution in [3.05, 3.63) is 118 Å². The van der Waals surface area contributed by atoms with E-state index in [0.29, 0.717) is 32.1 Å². The van der Waals surface area contributed by atoms with Crippen LogP contribution in [-0.4, -0.2) is 89.1 Å². The zero-order valence-corrected chi connectivity index (χ0v) is 38.8. The van der Waals surface area contributed by atoms with E-state index in [9.17, 15) is 29.8 Å². The lowest BCUT2D eigenvalue weighted by Gasteiger charge is -2.24. The maximum atomic E-state index is 12.3. The number of carbonyl (C=O) groups is 2. The quantitative estimate of drug-likeness (QED) is 0.0725. The molecular weight excluding hydrogens is 879 g/mol. The Morgan fingerprint density at radius 1 is 0.714 bits per heavy atom. The van der Waals surface area contributed by atoms with Crippen LogP contribution in [-0.2, 0) is 22.6 Å². The minimum absolute atomic E-state index is 0.0447. The van der Waals surface area contributed by atoms with E-state index in [4.69, 9.17) is 50.0 Å². The molecule has 2 saturated heterocycles. The largest absolute Gasteiger partial charge is 0.444 e. The summed E-state index contributed by atoms with van der Waals surface area (Å²) in [5.41, 5.74) is 9.02. The summed E-state index contributed by atoms with van der Waals surface area (Å²) in [5, 5.41) is 24.3. The molecule has 2 amide bonds. The third kappa shape index (κ3) is 15.1. The van der Waals surface area contributed by atoms with Gasteiger partial charge in [-0.1, -0.05) is 60.1 Å². The summed E-state index contributed by atoms with van der Waals surface area (Å²) >= 11 is 16.7. The fourth-order valence-electron chi connectivity index (χ4n) is 6.65. The van der Waals surface area contributed by atoms with Gasteiger partial charge in [-0.3, -0.25) is 20.2 Å². The SMILES string of the molecule is CC(C)(C)OC(=O)N1CCC(c2ccc(CN)cc2)C1.Cc1nc(Cl)nc(Cl)c1[N+](=O)[O-].Cc1nc(Cl)nc(NCc2ccc(C3CCN(C(=O)OC(C)(C)C)C3)cc2)c1[N+](=O)[O-]. The van der Waals surface area contributed by atoms with E-state index in [-0.39, 0.29) is 62.4 Å². The lowest BCUT2D eigenvalue weighted by atomic mass is 9.97. The van der Waals surface area contributed by atoms with Gasteiger partial charge in [0.15, 0.2) is 0 Å². The molecule has 6 rings (SSSR count). The molecule has 2 aromatic heterocycles. The van der Waals surface area contributed by atoms with Gasteiger partial charge in [-0.15, -0.1) is 0 Å². The number of hydrogen-bond donors (Lipinski definition) is 2. The van der Waals surface area contributed by atoms with Gasteiger partial charge in [-0.2, -0.15) is 9.97 Å². The van der Waals surface area contributed by atoms with Gasteiger partial charge < -0.3 is 30.3 Å². The predicted octanol–water partition coefficient (Wildman–Crippen LogP) is 9.55. The van der Waals surface area contributed by atoms with Crippen molar-refractivity contribution in [2.45, 2.75) is 104 Å². The highest BCUT2D eigenvalue weighted by Gasteiger charge is 2.32. The number of aryl methyl sites for hydroxylation is 2. The van der Waals surface area contributed by atoms with Gasteiger partial charge in [0.2, 0.25) is 21.5 Å². The van der Waals surface area contributed by atoms with Gasteiger partial charge in [-0.25, -0.2) is 19.6 Å². The van der Waals surface area contributed by atoms with Crippen LogP contribution in [0.25, 0.3) is 0 Å². The second-order valence-corrected chi connectivity index (χ2v) is 17.9. The molecule has 2 aromatic carbocycles. The Morgan fingerprint density at radius 3 is 1.52 bits per heavy atom. The van der Waals surface area contributed by atoms with E-state index in [1.54, 1.807) is 9.80 Å². The third-order valence-corrected chi connectivity index (χ3v) is 10.3. The number of rotatable bonds is 8. The minimum atomic E-state index is -0.645. The van der Waals surface area contributed by atoms with E-state index >= 15 is 0 Å². The predicted molar refractivity (Wildman–Crippen MR) is 240 cm³/mol. The summed E-state index contributed by atoms with van der Waals surface area (Å²) in [6.45, 7) is 17.9. The molecule has 0 radical (unpaired) electrons. The van der Waals surface area contributed by atoms with Gasteiger partial charge >= 0.3 is 23.6 Å². The van der Waals surface area contributed by atoms with Crippen LogP contribution in [0.5, 0.6) is 0 Å². The summed E-state index contributed by atoms with van der Waals surface area (Å²) in [6.07, 6.45) is 1.37. The van der Waals surface area contributed by atoms with E-state index in [0.717, 1.165) is 42.6 Å². The van der Waals surface area contributed by atoms with Crippen molar-refractivity contribution in [3.8, 4) is 0 Å². The van der Waals surface area contributed by atoms with E-state index in [2.05, 4.69) is 49.5 Å². The maximum absolute atomic E-state index is 12.3. The van der Waals surface area contributed by atoms with Gasteiger partial charge in [-0.05, 0) is 114 Å². The number of hydrogen-bond acceptors (Lipinski definition) is 14. The molecule has 21 heteroatoms. The van der Waals surface area contributed by atoms with E-state index < -0.39 is 21.0 Å². The number of amides is 2. The number of carbonyl (C=O) groups excluding carboxylic acids is 2. The van der Waals surface area contributed by atoms with Crippen molar-refractivity contribution in [2.75, 3.05) is 31.5 Å². The Kier molecular flexibility index (Phi) is 17.4. The Labute approximate surface area is 381 Å². The van der Waals surface area contributed by atoms with Crippen LogP contribution in [0.2, 0.25) is 15.7 Å². The summed E-state index contributed by atoms with van der Waals surface area (Å²) in [6, 6.07) is 16.3. The van der Waals surface area contributed by atoms with E-state index in [1.165, 1.54) is 19.4 Å². The topological polar surface area (TPSA) is 235 Å². The third-order valence-electron chi connectivity index (χ3n) is 9.66. The van der Waals surface area contributed by atoms with Crippen LogP contribution < -0.4 is 11.1 Å². The number of nitrogens with zero attached hydrogens (tertiary/aromatic N) is 8. The lowest BCUT2D eigenvalue weighted by Crippen LogP contribution is -2.35. The molecular formula is C42H53Cl3N10O8. The number of aromatic nitrogens is 4. The highest BCUT2D eigenvalue weighted by atomic mass is 35.5. The zero-order chi connectivity index (χ0) is 46.8. The summed E-state index contributed by atoms with van der Waals surface area (Å²) in [7, 11) is 0. The number of anilines is 1. The lowest BCUT2D eigenvalue weighted by molar-refractivity contribution is -0.385. The molecule has 4 aromatic rings. The van der Waals surface area contributed by atoms with Crippen LogP contribution >= 0.6 is 34.8 Å². The van der Waals surface area contributed by atoms with Crippen LogP contribution in [0.15, 0.2) is 48.5 Å². The molecule has 2 atom stereocenters. The number of likely N-dealkylation sites (tertiary alicyclic amines) is 2. The Morgan fingerprint density at radius 2 is 1.13 bits per heavy atom. The summed E-state index contributed by atoms with van der Waals surface area (Å²) in [4.78, 5) is 63.1. The first-order chi connectivity index (χ1) is 29.4. The Balaban J connectivity index is 0.000000232. The van der Waals surface area contributed by atoms with Crippen LogP contribution in [0.4, 0.5) is 26.8 Å². The number of nitrogens with one attached hydrogen (secondary N) is 1. The van der Waals surface area contributed by atoms with Gasteiger partial charge in [0.25, 0.3) is 0 Å². The molecule has 0 saturated carbocycles. The smallest absolute Gasteiger partial charge is 0.410 e. The Hall–Kier alpha value is -5.43. The molecule has 0 bridgehead atoms. The average molecular weight is 932 g/mol. The second-order valence-electron chi connectivity index (χ2n) is 16.9. The molecule has 2 aliphatic rings. The van der Waals surface area contributed by atoms with Crippen LogP contribution in [0.3, 0.4) is 0 Å². The number of nitrogens with two attached hydrogens (primary N) is 1. The average Bonchev–Trinajstić information content (AvgIpc) is 3.88. The molecule has 4 heterocycles. The standard InChI is InChI=1S/C21H26ClN5O4.C16H24N2O2.C5H3Cl2N3O2/c1-13-17(27(29)30)18(25-19(22)24-13)23-11-14-5-7-15(8-6-14)16-9-10-26(12-16)20(28)31-21(2,3)4;1-16(2,3)20-15(19)18-9-8-14(11-18)13-6-4-12(10-17)5-7-13;1-2-3(10(11)12)4(6)9-5(7)8-2/h5-8,16H,9-12H2,1-4H3,(H,23,24,25);4-7,14H,8-11,17H2,1-3H3;1H3. The highest BCUT2D eigenvalue weighted by Crippen LogP contribution is 2.31. The molecule has 3 N–H and O–H groups in total. The normalized spacial score (nSPS) is 16.0. The van der Waals surface area contributed by atoms with Gasteiger partial charge in [0.1, 0.15) is 22.6 Å². The molecule has 63 heavy (non-hydrogen) atoms.